The lowest BCUT2D eigenvalue weighted by molar-refractivity contribution is -0.124. The highest BCUT2D eigenvalue weighted by Crippen LogP contribution is 2.28. The zero-order valence-corrected chi connectivity index (χ0v) is 13.4. The van der Waals surface area contributed by atoms with Crippen LogP contribution in [0.1, 0.15) is 26.7 Å². The number of carbonyl (C=O) groups excluding carboxylic acids is 2. The molecule has 1 heterocycles. The van der Waals surface area contributed by atoms with E-state index in [0.29, 0.717) is 29.4 Å². The predicted molar refractivity (Wildman–Crippen MR) is 85.4 cm³/mol. The largest absolute Gasteiger partial charge is 0.489 e. The molecule has 0 saturated carbocycles. The summed E-state index contributed by atoms with van der Waals surface area (Å²) < 4.78 is 5.53. The van der Waals surface area contributed by atoms with Crippen molar-refractivity contribution in [1.82, 2.24) is 10.6 Å². The zero-order chi connectivity index (χ0) is 16.1. The Morgan fingerprint density at radius 3 is 2.86 bits per heavy atom. The number of amides is 3. The summed E-state index contributed by atoms with van der Waals surface area (Å²) in [6, 6.07) is 4.08. The van der Waals surface area contributed by atoms with Crippen LogP contribution in [0.15, 0.2) is 18.2 Å². The molecule has 3 N–H and O–H groups in total. The van der Waals surface area contributed by atoms with Gasteiger partial charge in [0.1, 0.15) is 11.8 Å². The summed E-state index contributed by atoms with van der Waals surface area (Å²) in [6.45, 7) is 4.47. The van der Waals surface area contributed by atoms with Crippen LogP contribution in [0.5, 0.6) is 5.75 Å². The number of benzene rings is 1. The van der Waals surface area contributed by atoms with Crippen molar-refractivity contribution in [3.8, 4) is 5.75 Å². The molecule has 1 aromatic carbocycles. The molecule has 7 heteroatoms. The Morgan fingerprint density at radius 2 is 2.23 bits per heavy atom. The highest BCUT2D eigenvalue weighted by Gasteiger charge is 2.23. The molecular weight excluding hydrogens is 306 g/mol. The van der Waals surface area contributed by atoms with Gasteiger partial charge < -0.3 is 20.7 Å². The SMILES string of the molecule is CC(C)Oc1ccc(NC(=O)N[C@H]2CCCNC2=O)cc1Cl. The average molecular weight is 326 g/mol. The zero-order valence-electron chi connectivity index (χ0n) is 12.6. The minimum absolute atomic E-state index is 0.0180. The average Bonchev–Trinajstić information content (AvgIpc) is 2.44. The van der Waals surface area contributed by atoms with Crippen LogP contribution in [0.2, 0.25) is 5.02 Å². The number of rotatable bonds is 4. The highest BCUT2D eigenvalue weighted by molar-refractivity contribution is 6.32. The number of piperidine rings is 1. The van der Waals surface area contributed by atoms with E-state index in [1.165, 1.54) is 0 Å². The van der Waals surface area contributed by atoms with Crippen molar-refractivity contribution in [1.29, 1.82) is 0 Å². The molecule has 0 aromatic heterocycles. The predicted octanol–water partition coefficient (Wildman–Crippen LogP) is 2.53. The van der Waals surface area contributed by atoms with Gasteiger partial charge in [-0.05, 0) is 44.9 Å². The van der Waals surface area contributed by atoms with Crippen LogP contribution in [0.25, 0.3) is 0 Å². The first kappa shape index (κ1) is 16.4. The fraction of sp³-hybridized carbons (Fsp3) is 0.467. The van der Waals surface area contributed by atoms with Gasteiger partial charge in [-0.1, -0.05) is 11.6 Å². The molecule has 1 saturated heterocycles. The van der Waals surface area contributed by atoms with Crippen molar-refractivity contribution in [3.63, 3.8) is 0 Å². The molecule has 1 aliphatic heterocycles. The first-order valence-electron chi connectivity index (χ1n) is 7.27. The Kier molecular flexibility index (Phi) is 5.49. The van der Waals surface area contributed by atoms with Crippen LogP contribution in [-0.4, -0.2) is 30.6 Å². The summed E-state index contributed by atoms with van der Waals surface area (Å²) in [7, 11) is 0. The Labute approximate surface area is 134 Å². The molecule has 1 aromatic rings. The maximum atomic E-state index is 11.9. The number of halogens is 1. The van der Waals surface area contributed by atoms with Crippen molar-refractivity contribution in [2.45, 2.75) is 38.8 Å². The fourth-order valence-corrected chi connectivity index (χ4v) is 2.39. The van der Waals surface area contributed by atoms with Gasteiger partial charge in [0.05, 0.1) is 11.1 Å². The summed E-state index contributed by atoms with van der Waals surface area (Å²) in [4.78, 5) is 23.5. The monoisotopic (exact) mass is 325 g/mol. The van der Waals surface area contributed by atoms with Gasteiger partial charge in [0, 0.05) is 12.2 Å². The molecule has 3 amide bonds. The van der Waals surface area contributed by atoms with Crippen molar-refractivity contribution in [2.75, 3.05) is 11.9 Å². The third kappa shape index (κ3) is 4.53. The number of nitrogens with one attached hydrogen (secondary N) is 3. The standard InChI is InChI=1S/C15H20ClN3O3/c1-9(2)22-13-6-5-10(8-11(13)16)18-15(21)19-12-4-3-7-17-14(12)20/h5-6,8-9,12H,3-4,7H2,1-2H3,(H,17,20)(H2,18,19,21)/t12-/m0/s1. The Hall–Kier alpha value is -1.95. The van der Waals surface area contributed by atoms with Gasteiger partial charge >= 0.3 is 6.03 Å². The summed E-state index contributed by atoms with van der Waals surface area (Å²) in [5, 5.41) is 8.44. The molecule has 0 radical (unpaired) electrons. The van der Waals surface area contributed by atoms with Crippen molar-refractivity contribution >= 4 is 29.2 Å². The summed E-state index contributed by atoms with van der Waals surface area (Å²) >= 11 is 6.11. The second-order valence-electron chi connectivity index (χ2n) is 5.40. The molecule has 6 nitrogen and oxygen atoms in total. The third-order valence-corrected chi connectivity index (χ3v) is 3.44. The summed E-state index contributed by atoms with van der Waals surface area (Å²) in [5.74, 6) is 0.411. The molecule has 22 heavy (non-hydrogen) atoms. The van der Waals surface area contributed by atoms with E-state index in [1.807, 2.05) is 13.8 Å². The molecule has 120 valence electrons. The second kappa shape index (κ2) is 7.35. The molecule has 2 rings (SSSR count). The quantitative estimate of drug-likeness (QED) is 0.796. The van der Waals surface area contributed by atoms with Crippen LogP contribution in [-0.2, 0) is 4.79 Å². The third-order valence-electron chi connectivity index (χ3n) is 3.14. The van der Waals surface area contributed by atoms with Gasteiger partial charge in [-0.25, -0.2) is 4.79 Å². The molecule has 0 spiro atoms. The number of ether oxygens (including phenoxy) is 1. The number of hydrogen-bond donors (Lipinski definition) is 3. The number of anilines is 1. The molecule has 0 bridgehead atoms. The molecule has 1 atom stereocenters. The normalized spacial score (nSPS) is 17.8. The smallest absolute Gasteiger partial charge is 0.319 e. The summed E-state index contributed by atoms with van der Waals surface area (Å²) in [5.41, 5.74) is 0.537. The molecule has 1 fully saturated rings. The van der Waals surface area contributed by atoms with E-state index in [2.05, 4.69) is 16.0 Å². The van der Waals surface area contributed by atoms with Gasteiger partial charge in [-0.2, -0.15) is 0 Å². The van der Waals surface area contributed by atoms with Crippen LogP contribution < -0.4 is 20.7 Å². The topological polar surface area (TPSA) is 79.5 Å². The number of carbonyl (C=O) groups is 2. The van der Waals surface area contributed by atoms with Gasteiger partial charge in [0.15, 0.2) is 0 Å². The molecule has 1 aliphatic rings. The van der Waals surface area contributed by atoms with E-state index in [4.69, 9.17) is 16.3 Å². The maximum absolute atomic E-state index is 11.9. The van der Waals surface area contributed by atoms with Gasteiger partial charge in [-0.3, -0.25) is 4.79 Å². The van der Waals surface area contributed by atoms with Crippen molar-refractivity contribution < 1.29 is 14.3 Å². The van der Waals surface area contributed by atoms with Crippen LogP contribution in [0.3, 0.4) is 0 Å². The minimum atomic E-state index is -0.493. The van der Waals surface area contributed by atoms with E-state index in [9.17, 15) is 9.59 Å². The van der Waals surface area contributed by atoms with Crippen molar-refractivity contribution in [2.24, 2.45) is 0 Å². The minimum Gasteiger partial charge on any atom is -0.489 e. The van der Waals surface area contributed by atoms with Gasteiger partial charge in [-0.15, -0.1) is 0 Å². The van der Waals surface area contributed by atoms with E-state index < -0.39 is 12.1 Å². The van der Waals surface area contributed by atoms with E-state index in [1.54, 1.807) is 18.2 Å². The van der Waals surface area contributed by atoms with E-state index in [-0.39, 0.29) is 12.0 Å². The number of urea groups is 1. The lowest BCUT2D eigenvalue weighted by Crippen LogP contribution is -2.51. The van der Waals surface area contributed by atoms with Gasteiger partial charge in [0.2, 0.25) is 5.91 Å². The lowest BCUT2D eigenvalue weighted by Gasteiger charge is -2.22. The fourth-order valence-electron chi connectivity index (χ4n) is 2.16. The maximum Gasteiger partial charge on any atom is 0.319 e. The van der Waals surface area contributed by atoms with Crippen molar-refractivity contribution in [3.05, 3.63) is 23.2 Å². The second-order valence-corrected chi connectivity index (χ2v) is 5.80. The van der Waals surface area contributed by atoms with E-state index in [0.717, 1.165) is 6.42 Å². The molecular formula is C15H20ClN3O3. The van der Waals surface area contributed by atoms with Crippen LogP contribution in [0, 0.1) is 0 Å². The van der Waals surface area contributed by atoms with Gasteiger partial charge in [0.25, 0.3) is 0 Å². The number of hydrogen-bond acceptors (Lipinski definition) is 3. The summed E-state index contributed by atoms with van der Waals surface area (Å²) in [6.07, 6.45) is 1.51. The Bertz CT molecular complexity index is 563. The highest BCUT2D eigenvalue weighted by atomic mass is 35.5. The van der Waals surface area contributed by atoms with E-state index >= 15 is 0 Å². The van der Waals surface area contributed by atoms with Crippen LogP contribution >= 0.6 is 11.6 Å². The first-order chi connectivity index (χ1) is 10.5. The van der Waals surface area contributed by atoms with Crippen LogP contribution in [0.4, 0.5) is 10.5 Å². The lowest BCUT2D eigenvalue weighted by atomic mass is 10.1. The molecule has 0 aliphatic carbocycles. The Morgan fingerprint density at radius 1 is 1.45 bits per heavy atom. The molecule has 0 unspecified atom stereocenters. The Balaban J connectivity index is 1.93. The first-order valence-corrected chi connectivity index (χ1v) is 7.65.